The van der Waals surface area contributed by atoms with Crippen molar-refractivity contribution < 1.29 is 15.1 Å². The maximum absolute atomic E-state index is 10.6. The highest BCUT2D eigenvalue weighted by molar-refractivity contribution is 7.80. The predicted molar refractivity (Wildman–Crippen MR) is 60.1 cm³/mol. The second-order valence-electron chi connectivity index (χ2n) is 3.11. The molecule has 0 amide bonds. The van der Waals surface area contributed by atoms with Crippen LogP contribution in [-0.4, -0.2) is 32.0 Å². The third kappa shape index (κ3) is 2.40. The van der Waals surface area contributed by atoms with Crippen LogP contribution in [0.5, 0.6) is 0 Å². The van der Waals surface area contributed by atoms with Gasteiger partial charge in [0.1, 0.15) is 18.0 Å². The second kappa shape index (κ2) is 5.10. The summed E-state index contributed by atoms with van der Waals surface area (Å²) in [7, 11) is 0. The molecule has 0 saturated heterocycles. The molecule has 0 aromatic carbocycles. The largest absolute Gasteiger partial charge is 0.393 e. The zero-order chi connectivity index (χ0) is 12.3. The van der Waals surface area contributed by atoms with E-state index in [0.29, 0.717) is 0 Å². The monoisotopic (exact) mass is 245 g/mol. The van der Waals surface area contributed by atoms with Crippen LogP contribution in [0.15, 0.2) is 12.4 Å². The smallest absolute Gasteiger partial charge is 0.310 e. The highest BCUT2D eigenvalue weighted by Gasteiger charge is 2.24. The molecule has 0 aliphatic rings. The number of nitrogens with two attached hydrogens (primary N) is 1. The minimum absolute atomic E-state index is 0.00327. The molecule has 0 bridgehead atoms. The highest BCUT2D eigenvalue weighted by atomic mass is 32.1. The standard InChI is InChI=1S/C8H11N3O4S/c9-7-4(8(13)6(12)3-16)1-10-2-5(7)11(14)15/h1-2,6,8,12-13,16H,3H2,(H2,9,10). The van der Waals surface area contributed by atoms with E-state index in [-0.39, 0.29) is 17.0 Å². The van der Waals surface area contributed by atoms with Gasteiger partial charge in [0.25, 0.3) is 0 Å². The molecule has 4 N–H and O–H groups in total. The molecule has 0 aliphatic heterocycles. The molecular weight excluding hydrogens is 234 g/mol. The quantitative estimate of drug-likeness (QED) is 0.333. The van der Waals surface area contributed by atoms with Crippen molar-refractivity contribution in [1.29, 1.82) is 0 Å². The number of nitro groups is 1. The Morgan fingerprint density at radius 2 is 2.19 bits per heavy atom. The van der Waals surface area contributed by atoms with Gasteiger partial charge < -0.3 is 15.9 Å². The third-order valence-corrected chi connectivity index (χ3v) is 2.44. The Balaban J connectivity index is 3.15. The van der Waals surface area contributed by atoms with E-state index in [1.807, 2.05) is 0 Å². The first-order valence-corrected chi connectivity index (χ1v) is 4.97. The van der Waals surface area contributed by atoms with Crippen LogP contribution in [0.3, 0.4) is 0 Å². The van der Waals surface area contributed by atoms with Crippen LogP contribution in [0, 0.1) is 10.1 Å². The van der Waals surface area contributed by atoms with Gasteiger partial charge in [0.15, 0.2) is 0 Å². The summed E-state index contributed by atoms with van der Waals surface area (Å²) in [4.78, 5) is 13.4. The van der Waals surface area contributed by atoms with E-state index in [0.717, 1.165) is 6.20 Å². The second-order valence-corrected chi connectivity index (χ2v) is 3.48. The molecule has 1 heterocycles. The number of pyridine rings is 1. The van der Waals surface area contributed by atoms with Gasteiger partial charge in [0.2, 0.25) is 0 Å². The molecule has 7 nitrogen and oxygen atoms in total. The minimum atomic E-state index is -1.34. The van der Waals surface area contributed by atoms with Crippen LogP contribution in [0.25, 0.3) is 0 Å². The maximum atomic E-state index is 10.6. The van der Waals surface area contributed by atoms with E-state index >= 15 is 0 Å². The molecule has 88 valence electrons. The van der Waals surface area contributed by atoms with Gasteiger partial charge >= 0.3 is 5.69 Å². The van der Waals surface area contributed by atoms with Crippen LogP contribution in [0.2, 0.25) is 0 Å². The van der Waals surface area contributed by atoms with E-state index in [1.165, 1.54) is 6.20 Å². The number of aromatic nitrogens is 1. The first-order chi connectivity index (χ1) is 7.49. The number of anilines is 1. The number of rotatable bonds is 4. The number of hydrogen-bond donors (Lipinski definition) is 4. The van der Waals surface area contributed by atoms with Crippen LogP contribution in [0.4, 0.5) is 11.4 Å². The minimum Gasteiger partial charge on any atom is -0.393 e. The first kappa shape index (κ1) is 12.7. The first-order valence-electron chi connectivity index (χ1n) is 4.33. The average molecular weight is 245 g/mol. The van der Waals surface area contributed by atoms with Gasteiger partial charge in [-0.05, 0) is 0 Å². The van der Waals surface area contributed by atoms with Crippen LogP contribution in [0.1, 0.15) is 11.7 Å². The number of aliphatic hydroxyl groups excluding tert-OH is 2. The van der Waals surface area contributed by atoms with E-state index in [1.54, 1.807) is 0 Å². The summed E-state index contributed by atoms with van der Waals surface area (Å²) in [5, 5.41) is 29.6. The Morgan fingerprint density at radius 3 is 2.69 bits per heavy atom. The maximum Gasteiger partial charge on any atom is 0.310 e. The van der Waals surface area contributed by atoms with Crippen molar-refractivity contribution in [3.63, 3.8) is 0 Å². The van der Waals surface area contributed by atoms with E-state index < -0.39 is 22.8 Å². The molecule has 8 heteroatoms. The molecule has 0 spiro atoms. The lowest BCUT2D eigenvalue weighted by molar-refractivity contribution is -0.384. The molecular formula is C8H11N3O4S. The lowest BCUT2D eigenvalue weighted by Crippen LogP contribution is -2.21. The summed E-state index contributed by atoms with van der Waals surface area (Å²) in [5.41, 5.74) is 4.92. The van der Waals surface area contributed by atoms with Crippen LogP contribution < -0.4 is 5.73 Å². The number of hydrogen-bond acceptors (Lipinski definition) is 7. The van der Waals surface area contributed by atoms with Gasteiger partial charge in [-0.2, -0.15) is 12.6 Å². The SMILES string of the molecule is Nc1c(C(O)C(O)CS)cncc1[N+](=O)[O-]. The Labute approximate surface area is 96.5 Å². The van der Waals surface area contributed by atoms with E-state index in [9.17, 15) is 20.3 Å². The summed E-state index contributed by atoms with van der Waals surface area (Å²) in [5.74, 6) is 0.00327. The predicted octanol–water partition coefficient (Wildman–Crippen LogP) is -0.104. The van der Waals surface area contributed by atoms with E-state index in [4.69, 9.17) is 5.73 Å². The van der Waals surface area contributed by atoms with Gasteiger partial charge in [0, 0.05) is 17.5 Å². The van der Waals surface area contributed by atoms with Gasteiger partial charge in [-0.25, -0.2) is 0 Å². The normalized spacial score (nSPS) is 14.4. The lowest BCUT2D eigenvalue weighted by Gasteiger charge is -2.17. The topological polar surface area (TPSA) is 123 Å². The number of nitrogens with zero attached hydrogens (tertiary/aromatic N) is 2. The Kier molecular flexibility index (Phi) is 4.05. The molecule has 1 aromatic rings. The summed E-state index contributed by atoms with van der Waals surface area (Å²) in [6.45, 7) is 0. The average Bonchev–Trinajstić information content (AvgIpc) is 2.27. The third-order valence-electron chi connectivity index (χ3n) is 2.06. The summed E-state index contributed by atoms with van der Waals surface area (Å²) in [6, 6.07) is 0. The summed E-state index contributed by atoms with van der Waals surface area (Å²) >= 11 is 3.80. The van der Waals surface area contributed by atoms with Crippen molar-refractivity contribution in [3.05, 3.63) is 28.1 Å². The van der Waals surface area contributed by atoms with Crippen LogP contribution >= 0.6 is 12.6 Å². The van der Waals surface area contributed by atoms with Gasteiger partial charge in [-0.3, -0.25) is 15.1 Å². The fraction of sp³-hybridized carbons (Fsp3) is 0.375. The Morgan fingerprint density at radius 1 is 1.56 bits per heavy atom. The molecule has 2 atom stereocenters. The van der Waals surface area contributed by atoms with Crippen molar-refractivity contribution in [1.82, 2.24) is 4.98 Å². The van der Waals surface area contributed by atoms with Gasteiger partial charge in [-0.1, -0.05) is 0 Å². The van der Waals surface area contributed by atoms with Crippen molar-refractivity contribution in [2.24, 2.45) is 0 Å². The fourth-order valence-electron chi connectivity index (χ4n) is 1.16. The van der Waals surface area contributed by atoms with Crippen molar-refractivity contribution >= 4 is 24.0 Å². The Bertz CT molecular complexity index is 401. The number of thiol groups is 1. The number of aliphatic hydroxyl groups is 2. The molecule has 1 aromatic heterocycles. The number of nitrogen functional groups attached to an aromatic ring is 1. The zero-order valence-corrected chi connectivity index (χ0v) is 9.04. The van der Waals surface area contributed by atoms with Crippen molar-refractivity contribution in [2.45, 2.75) is 12.2 Å². The molecule has 0 radical (unpaired) electrons. The summed E-state index contributed by atoms with van der Waals surface area (Å²) < 4.78 is 0. The molecule has 1 rings (SSSR count). The molecule has 2 unspecified atom stereocenters. The molecule has 0 aliphatic carbocycles. The fourth-order valence-corrected chi connectivity index (χ4v) is 1.36. The molecule has 16 heavy (non-hydrogen) atoms. The van der Waals surface area contributed by atoms with Crippen molar-refractivity contribution in [2.75, 3.05) is 11.5 Å². The molecule has 0 fully saturated rings. The molecule has 0 saturated carbocycles. The lowest BCUT2D eigenvalue weighted by atomic mass is 10.1. The van der Waals surface area contributed by atoms with Gasteiger partial charge in [0.05, 0.1) is 11.0 Å². The van der Waals surface area contributed by atoms with Crippen LogP contribution in [-0.2, 0) is 0 Å². The Hall–Kier alpha value is -1.38. The highest BCUT2D eigenvalue weighted by Crippen LogP contribution is 2.29. The van der Waals surface area contributed by atoms with Gasteiger partial charge in [-0.15, -0.1) is 0 Å². The zero-order valence-electron chi connectivity index (χ0n) is 8.15. The van der Waals surface area contributed by atoms with Crippen molar-refractivity contribution in [3.8, 4) is 0 Å². The summed E-state index contributed by atoms with van der Waals surface area (Å²) in [6.07, 6.45) is -0.336. The van der Waals surface area contributed by atoms with E-state index in [2.05, 4.69) is 17.6 Å².